The average Bonchev–Trinajstić information content (AvgIpc) is 2.46. The number of carbonyl (C=O) groups is 1. The fourth-order valence-electron chi connectivity index (χ4n) is 1.97. The van der Waals surface area contributed by atoms with E-state index in [9.17, 15) is 10.1 Å². The molecule has 102 valence electrons. The molecule has 3 heteroatoms. The van der Waals surface area contributed by atoms with E-state index in [0.29, 0.717) is 6.42 Å². The van der Waals surface area contributed by atoms with Gasteiger partial charge in [0.25, 0.3) is 0 Å². The van der Waals surface area contributed by atoms with Crippen molar-refractivity contribution in [1.29, 1.82) is 5.26 Å². The van der Waals surface area contributed by atoms with Gasteiger partial charge >= 0.3 is 0 Å². The molecule has 1 aromatic carbocycles. The van der Waals surface area contributed by atoms with Crippen molar-refractivity contribution in [2.75, 3.05) is 7.05 Å². The van der Waals surface area contributed by atoms with E-state index in [-0.39, 0.29) is 5.91 Å². The first-order valence-corrected chi connectivity index (χ1v) is 6.88. The van der Waals surface area contributed by atoms with Crippen molar-refractivity contribution >= 4 is 5.91 Å². The summed E-state index contributed by atoms with van der Waals surface area (Å²) in [5.74, 6) is 0.0352. The molecule has 0 spiro atoms. The van der Waals surface area contributed by atoms with Crippen molar-refractivity contribution in [3.8, 4) is 6.07 Å². The predicted molar refractivity (Wildman–Crippen MR) is 76.5 cm³/mol. The summed E-state index contributed by atoms with van der Waals surface area (Å²) in [6.07, 6.45) is 3.35. The summed E-state index contributed by atoms with van der Waals surface area (Å²) in [6.45, 7) is 4.15. The first-order valence-electron chi connectivity index (χ1n) is 6.88. The minimum absolute atomic E-state index is 0.0352. The maximum atomic E-state index is 12.0. The Balaban J connectivity index is 2.81. The highest BCUT2D eigenvalue weighted by Gasteiger charge is 2.20. The van der Waals surface area contributed by atoms with Crippen LogP contribution in [-0.2, 0) is 11.2 Å². The van der Waals surface area contributed by atoms with Crippen LogP contribution in [-0.4, -0.2) is 17.9 Å². The lowest BCUT2D eigenvalue weighted by atomic mass is 10.0. The van der Waals surface area contributed by atoms with Crippen molar-refractivity contribution in [2.24, 2.45) is 0 Å². The van der Waals surface area contributed by atoms with Crippen LogP contribution in [0.3, 0.4) is 0 Å². The van der Waals surface area contributed by atoms with Crippen molar-refractivity contribution in [3.63, 3.8) is 0 Å². The van der Waals surface area contributed by atoms with Crippen LogP contribution in [0.4, 0.5) is 0 Å². The predicted octanol–water partition coefficient (Wildman–Crippen LogP) is 3.46. The third-order valence-corrected chi connectivity index (χ3v) is 3.35. The largest absolute Gasteiger partial charge is 0.326 e. The first-order chi connectivity index (χ1) is 9.13. The standard InChI is InChI=1S/C16H22N2O/c1-4-6-7-16(19)18(3)15(12-17)14-10-8-13(5-2)9-11-14/h8-11,15H,4-7H2,1-3H3. The Labute approximate surface area is 115 Å². The second-order valence-electron chi connectivity index (χ2n) is 4.73. The van der Waals surface area contributed by atoms with E-state index < -0.39 is 6.04 Å². The van der Waals surface area contributed by atoms with Crippen LogP contribution in [0.15, 0.2) is 24.3 Å². The van der Waals surface area contributed by atoms with Gasteiger partial charge in [0.15, 0.2) is 0 Å². The van der Waals surface area contributed by atoms with Gasteiger partial charge in [-0.3, -0.25) is 4.79 Å². The average molecular weight is 258 g/mol. The molecule has 19 heavy (non-hydrogen) atoms. The highest BCUT2D eigenvalue weighted by molar-refractivity contribution is 5.76. The molecule has 0 bridgehead atoms. The Bertz CT molecular complexity index is 445. The molecular weight excluding hydrogens is 236 g/mol. The Morgan fingerprint density at radius 2 is 1.95 bits per heavy atom. The van der Waals surface area contributed by atoms with Crippen LogP contribution in [0, 0.1) is 11.3 Å². The highest BCUT2D eigenvalue weighted by atomic mass is 16.2. The van der Waals surface area contributed by atoms with Crippen molar-refractivity contribution in [3.05, 3.63) is 35.4 Å². The lowest BCUT2D eigenvalue weighted by molar-refractivity contribution is -0.131. The number of rotatable bonds is 6. The SMILES string of the molecule is CCCCC(=O)N(C)C(C#N)c1ccc(CC)cc1. The zero-order valence-electron chi connectivity index (χ0n) is 12.0. The third kappa shape index (κ3) is 4.10. The van der Waals surface area contributed by atoms with Gasteiger partial charge in [-0.05, 0) is 24.0 Å². The number of carbonyl (C=O) groups excluding carboxylic acids is 1. The lowest BCUT2D eigenvalue weighted by Gasteiger charge is -2.23. The molecule has 1 amide bonds. The fraction of sp³-hybridized carbons (Fsp3) is 0.500. The molecule has 0 aliphatic rings. The third-order valence-electron chi connectivity index (χ3n) is 3.35. The van der Waals surface area contributed by atoms with E-state index >= 15 is 0 Å². The molecule has 1 unspecified atom stereocenters. The normalized spacial score (nSPS) is 11.7. The number of benzene rings is 1. The molecule has 0 aliphatic heterocycles. The number of amides is 1. The van der Waals surface area contributed by atoms with Crippen LogP contribution in [0.25, 0.3) is 0 Å². The van der Waals surface area contributed by atoms with Gasteiger partial charge in [-0.1, -0.05) is 44.5 Å². The van der Waals surface area contributed by atoms with Crippen molar-refractivity contribution < 1.29 is 4.79 Å². The molecule has 3 nitrogen and oxygen atoms in total. The molecule has 0 saturated carbocycles. The van der Waals surface area contributed by atoms with Crippen LogP contribution >= 0.6 is 0 Å². The molecule has 1 aromatic rings. The fourth-order valence-corrected chi connectivity index (χ4v) is 1.97. The molecule has 1 atom stereocenters. The number of unbranched alkanes of at least 4 members (excludes halogenated alkanes) is 1. The summed E-state index contributed by atoms with van der Waals surface area (Å²) in [5, 5.41) is 9.31. The maximum absolute atomic E-state index is 12.0. The molecule has 0 aliphatic carbocycles. The highest BCUT2D eigenvalue weighted by Crippen LogP contribution is 2.20. The smallest absolute Gasteiger partial charge is 0.223 e. The molecule has 0 radical (unpaired) electrons. The van der Waals surface area contributed by atoms with Gasteiger partial charge in [-0.2, -0.15) is 5.26 Å². The van der Waals surface area contributed by atoms with Gasteiger partial charge in [0, 0.05) is 13.5 Å². The van der Waals surface area contributed by atoms with E-state index in [4.69, 9.17) is 0 Å². The van der Waals surface area contributed by atoms with Crippen LogP contribution < -0.4 is 0 Å². The molecule has 0 heterocycles. The van der Waals surface area contributed by atoms with Crippen molar-refractivity contribution in [2.45, 2.75) is 45.6 Å². The summed E-state index contributed by atoms with van der Waals surface area (Å²) < 4.78 is 0. The second kappa shape index (κ2) is 7.58. The van der Waals surface area contributed by atoms with Crippen LogP contribution in [0.5, 0.6) is 0 Å². The zero-order valence-corrected chi connectivity index (χ0v) is 12.0. The summed E-state index contributed by atoms with van der Waals surface area (Å²) in [4.78, 5) is 13.5. The number of nitrogens with zero attached hydrogens (tertiary/aromatic N) is 2. The molecule has 0 N–H and O–H groups in total. The van der Waals surface area contributed by atoms with Gasteiger partial charge in [-0.25, -0.2) is 0 Å². The minimum atomic E-state index is -0.490. The molecular formula is C16H22N2O. The van der Waals surface area contributed by atoms with Gasteiger partial charge in [0.1, 0.15) is 6.04 Å². The summed E-state index contributed by atoms with van der Waals surface area (Å²) in [6, 6.07) is 9.64. The topological polar surface area (TPSA) is 44.1 Å². The summed E-state index contributed by atoms with van der Waals surface area (Å²) in [5.41, 5.74) is 2.12. The molecule has 0 aromatic heterocycles. The van der Waals surface area contributed by atoms with Crippen molar-refractivity contribution in [1.82, 2.24) is 4.90 Å². The number of aryl methyl sites for hydroxylation is 1. The van der Waals surface area contributed by atoms with Gasteiger partial charge in [-0.15, -0.1) is 0 Å². The van der Waals surface area contributed by atoms with E-state index in [0.717, 1.165) is 24.8 Å². The summed E-state index contributed by atoms with van der Waals surface area (Å²) >= 11 is 0. The van der Waals surface area contributed by atoms with Gasteiger partial charge < -0.3 is 4.90 Å². The first kappa shape index (κ1) is 15.2. The van der Waals surface area contributed by atoms with E-state index in [2.05, 4.69) is 19.9 Å². The molecule has 0 saturated heterocycles. The van der Waals surface area contributed by atoms with E-state index in [1.54, 1.807) is 11.9 Å². The number of hydrogen-bond acceptors (Lipinski definition) is 2. The summed E-state index contributed by atoms with van der Waals surface area (Å²) in [7, 11) is 1.71. The Hall–Kier alpha value is -1.82. The zero-order chi connectivity index (χ0) is 14.3. The molecule has 0 fully saturated rings. The quantitative estimate of drug-likeness (QED) is 0.784. The van der Waals surface area contributed by atoms with Gasteiger partial charge in [0.2, 0.25) is 5.91 Å². The Morgan fingerprint density at radius 3 is 2.42 bits per heavy atom. The number of hydrogen-bond donors (Lipinski definition) is 0. The maximum Gasteiger partial charge on any atom is 0.223 e. The molecule has 1 rings (SSSR count). The Kier molecular flexibility index (Phi) is 6.08. The van der Waals surface area contributed by atoms with E-state index in [1.165, 1.54) is 5.56 Å². The monoisotopic (exact) mass is 258 g/mol. The number of nitriles is 1. The van der Waals surface area contributed by atoms with Crippen LogP contribution in [0.2, 0.25) is 0 Å². The van der Waals surface area contributed by atoms with E-state index in [1.807, 2.05) is 24.3 Å². The van der Waals surface area contributed by atoms with Crippen LogP contribution in [0.1, 0.15) is 50.3 Å². The minimum Gasteiger partial charge on any atom is -0.326 e. The van der Waals surface area contributed by atoms with Gasteiger partial charge in [0.05, 0.1) is 6.07 Å². The lowest BCUT2D eigenvalue weighted by Crippen LogP contribution is -2.30. The Morgan fingerprint density at radius 1 is 1.32 bits per heavy atom. The second-order valence-corrected chi connectivity index (χ2v) is 4.73.